The molecule has 2 rings (SSSR count). The first-order chi connectivity index (χ1) is 8.19. The Balaban J connectivity index is 1.86. The van der Waals surface area contributed by atoms with E-state index in [1.165, 1.54) is 35.6 Å². The SMILES string of the molecule is CCc1cnc(C(C)NC2CCC(C)CC2)s1. The molecule has 1 atom stereocenters. The number of aryl methyl sites for hydroxylation is 1. The van der Waals surface area contributed by atoms with Crippen LogP contribution in [0.5, 0.6) is 0 Å². The smallest absolute Gasteiger partial charge is 0.109 e. The highest BCUT2D eigenvalue weighted by atomic mass is 32.1. The Morgan fingerprint density at radius 1 is 1.41 bits per heavy atom. The number of hydrogen-bond donors (Lipinski definition) is 1. The van der Waals surface area contributed by atoms with Crippen molar-refractivity contribution in [3.8, 4) is 0 Å². The second-order valence-electron chi connectivity index (χ2n) is 5.36. The summed E-state index contributed by atoms with van der Waals surface area (Å²) in [5, 5.41) is 4.99. The van der Waals surface area contributed by atoms with Crippen molar-refractivity contribution in [1.82, 2.24) is 10.3 Å². The van der Waals surface area contributed by atoms with Crippen LogP contribution in [0.3, 0.4) is 0 Å². The van der Waals surface area contributed by atoms with Gasteiger partial charge in [-0.1, -0.05) is 13.8 Å². The van der Waals surface area contributed by atoms with Crippen LogP contribution in [-0.4, -0.2) is 11.0 Å². The van der Waals surface area contributed by atoms with Crippen LogP contribution in [0.4, 0.5) is 0 Å². The van der Waals surface area contributed by atoms with Crippen molar-refractivity contribution in [2.45, 2.75) is 65.0 Å². The maximum atomic E-state index is 4.52. The molecule has 96 valence electrons. The fourth-order valence-electron chi connectivity index (χ4n) is 2.54. The molecule has 0 saturated heterocycles. The normalized spacial score (nSPS) is 27.0. The van der Waals surface area contributed by atoms with Crippen molar-refractivity contribution in [3.05, 3.63) is 16.1 Å². The van der Waals surface area contributed by atoms with Crippen LogP contribution in [-0.2, 0) is 6.42 Å². The Labute approximate surface area is 109 Å². The van der Waals surface area contributed by atoms with Gasteiger partial charge in [-0.05, 0) is 44.9 Å². The molecule has 1 saturated carbocycles. The molecule has 0 spiro atoms. The molecule has 0 aliphatic heterocycles. The van der Waals surface area contributed by atoms with Gasteiger partial charge >= 0.3 is 0 Å². The van der Waals surface area contributed by atoms with Gasteiger partial charge in [0.25, 0.3) is 0 Å². The van der Waals surface area contributed by atoms with Crippen LogP contribution in [0, 0.1) is 5.92 Å². The summed E-state index contributed by atoms with van der Waals surface area (Å²) in [7, 11) is 0. The van der Waals surface area contributed by atoms with Crippen LogP contribution in [0.15, 0.2) is 6.20 Å². The highest BCUT2D eigenvalue weighted by Crippen LogP contribution is 2.26. The van der Waals surface area contributed by atoms with E-state index in [0.29, 0.717) is 12.1 Å². The van der Waals surface area contributed by atoms with Gasteiger partial charge in [-0.15, -0.1) is 11.3 Å². The Hall–Kier alpha value is -0.410. The van der Waals surface area contributed by atoms with Crippen LogP contribution in [0.2, 0.25) is 0 Å². The van der Waals surface area contributed by atoms with Gasteiger partial charge in [0.2, 0.25) is 0 Å². The Bertz CT molecular complexity index is 340. The highest BCUT2D eigenvalue weighted by Gasteiger charge is 2.20. The molecule has 1 fully saturated rings. The number of aromatic nitrogens is 1. The minimum Gasteiger partial charge on any atom is -0.305 e. The lowest BCUT2D eigenvalue weighted by Crippen LogP contribution is -2.34. The van der Waals surface area contributed by atoms with Crippen LogP contribution in [0.25, 0.3) is 0 Å². The Morgan fingerprint density at radius 3 is 2.71 bits per heavy atom. The van der Waals surface area contributed by atoms with Crippen LogP contribution in [0.1, 0.15) is 62.4 Å². The standard InChI is InChI=1S/C14H24N2S/c1-4-13-9-15-14(17-13)11(3)16-12-7-5-10(2)6-8-12/h9-12,16H,4-8H2,1-3H3. The summed E-state index contributed by atoms with van der Waals surface area (Å²) in [5.41, 5.74) is 0. The number of nitrogens with zero attached hydrogens (tertiary/aromatic N) is 1. The summed E-state index contributed by atoms with van der Waals surface area (Å²) in [6.07, 6.45) is 8.55. The largest absolute Gasteiger partial charge is 0.305 e. The average Bonchev–Trinajstić information content (AvgIpc) is 2.81. The van der Waals surface area contributed by atoms with E-state index in [-0.39, 0.29) is 0 Å². The number of hydrogen-bond acceptors (Lipinski definition) is 3. The van der Waals surface area contributed by atoms with E-state index in [0.717, 1.165) is 12.3 Å². The molecule has 0 radical (unpaired) electrons. The van der Waals surface area contributed by atoms with Gasteiger partial charge in [-0.25, -0.2) is 4.98 Å². The zero-order valence-electron chi connectivity index (χ0n) is 11.2. The maximum Gasteiger partial charge on any atom is 0.109 e. The van der Waals surface area contributed by atoms with E-state index in [4.69, 9.17) is 0 Å². The predicted octanol–water partition coefficient (Wildman–Crippen LogP) is 3.93. The molecule has 1 aliphatic rings. The molecule has 1 aromatic rings. The van der Waals surface area contributed by atoms with Gasteiger partial charge in [0, 0.05) is 17.1 Å². The van der Waals surface area contributed by atoms with Gasteiger partial charge in [-0.2, -0.15) is 0 Å². The third kappa shape index (κ3) is 3.52. The van der Waals surface area contributed by atoms with Gasteiger partial charge in [0.1, 0.15) is 5.01 Å². The highest BCUT2D eigenvalue weighted by molar-refractivity contribution is 7.11. The van der Waals surface area contributed by atoms with E-state index < -0.39 is 0 Å². The van der Waals surface area contributed by atoms with E-state index in [9.17, 15) is 0 Å². The first-order valence-corrected chi connectivity index (χ1v) is 7.71. The van der Waals surface area contributed by atoms with Gasteiger partial charge in [-0.3, -0.25) is 0 Å². The van der Waals surface area contributed by atoms with Crippen molar-refractivity contribution in [2.75, 3.05) is 0 Å². The summed E-state index contributed by atoms with van der Waals surface area (Å²) in [4.78, 5) is 5.92. The summed E-state index contributed by atoms with van der Waals surface area (Å²) >= 11 is 1.86. The van der Waals surface area contributed by atoms with E-state index >= 15 is 0 Å². The van der Waals surface area contributed by atoms with Gasteiger partial charge in [0.15, 0.2) is 0 Å². The lowest BCUT2D eigenvalue weighted by molar-refractivity contribution is 0.291. The third-order valence-corrected chi connectivity index (χ3v) is 5.12. The average molecular weight is 252 g/mol. The topological polar surface area (TPSA) is 24.9 Å². The van der Waals surface area contributed by atoms with Crippen LogP contribution < -0.4 is 5.32 Å². The lowest BCUT2D eigenvalue weighted by Gasteiger charge is -2.29. The number of thiazole rings is 1. The van der Waals surface area contributed by atoms with Crippen molar-refractivity contribution in [1.29, 1.82) is 0 Å². The lowest BCUT2D eigenvalue weighted by atomic mass is 9.87. The first-order valence-electron chi connectivity index (χ1n) is 6.89. The monoisotopic (exact) mass is 252 g/mol. The van der Waals surface area contributed by atoms with Crippen molar-refractivity contribution in [2.24, 2.45) is 5.92 Å². The molecule has 1 aromatic heterocycles. The van der Waals surface area contributed by atoms with Crippen molar-refractivity contribution >= 4 is 11.3 Å². The molecule has 1 unspecified atom stereocenters. The third-order valence-electron chi connectivity index (χ3n) is 3.79. The first kappa shape index (κ1) is 13.0. The zero-order valence-corrected chi connectivity index (χ0v) is 12.0. The summed E-state index contributed by atoms with van der Waals surface area (Å²) in [5.74, 6) is 0.926. The minimum atomic E-state index is 0.415. The summed E-state index contributed by atoms with van der Waals surface area (Å²) < 4.78 is 0. The van der Waals surface area contributed by atoms with Gasteiger partial charge < -0.3 is 5.32 Å². The molecule has 0 bridgehead atoms. The molecule has 0 amide bonds. The minimum absolute atomic E-state index is 0.415. The van der Waals surface area contributed by atoms with E-state index in [1.807, 2.05) is 17.5 Å². The molecule has 1 N–H and O–H groups in total. The molecule has 3 heteroatoms. The molecular formula is C14H24N2S. The molecule has 1 aliphatic carbocycles. The fourth-order valence-corrected chi connectivity index (χ4v) is 3.41. The number of rotatable bonds is 4. The molecule has 17 heavy (non-hydrogen) atoms. The Kier molecular flexibility index (Phi) is 4.57. The fraction of sp³-hybridized carbons (Fsp3) is 0.786. The summed E-state index contributed by atoms with van der Waals surface area (Å²) in [6, 6.07) is 1.12. The molecule has 0 aromatic carbocycles. The van der Waals surface area contributed by atoms with Crippen LogP contribution >= 0.6 is 11.3 Å². The predicted molar refractivity (Wildman–Crippen MR) is 74.5 cm³/mol. The second kappa shape index (κ2) is 5.96. The number of nitrogens with one attached hydrogen (secondary N) is 1. The van der Waals surface area contributed by atoms with Crippen molar-refractivity contribution in [3.63, 3.8) is 0 Å². The summed E-state index contributed by atoms with van der Waals surface area (Å²) in [6.45, 7) is 6.81. The quantitative estimate of drug-likeness (QED) is 0.878. The molecule has 2 nitrogen and oxygen atoms in total. The van der Waals surface area contributed by atoms with Crippen molar-refractivity contribution < 1.29 is 0 Å². The zero-order chi connectivity index (χ0) is 12.3. The second-order valence-corrected chi connectivity index (χ2v) is 6.51. The van der Waals surface area contributed by atoms with Gasteiger partial charge in [0.05, 0.1) is 6.04 Å². The Morgan fingerprint density at radius 2 is 2.12 bits per heavy atom. The molecule has 1 heterocycles. The molecular weight excluding hydrogens is 228 g/mol. The van der Waals surface area contributed by atoms with E-state index in [1.54, 1.807) is 0 Å². The maximum absolute atomic E-state index is 4.52. The van der Waals surface area contributed by atoms with E-state index in [2.05, 4.69) is 31.1 Å².